The number of hydrogen-bond acceptors (Lipinski definition) is 6. The van der Waals surface area contributed by atoms with Gasteiger partial charge in [-0.25, -0.2) is 0 Å². The zero-order valence-electron chi connectivity index (χ0n) is 8.16. The van der Waals surface area contributed by atoms with Crippen LogP contribution in [0.1, 0.15) is 0 Å². The summed E-state index contributed by atoms with van der Waals surface area (Å²) in [5.74, 6) is 0. The van der Waals surface area contributed by atoms with Gasteiger partial charge in [-0.2, -0.15) is 0 Å². The van der Waals surface area contributed by atoms with E-state index in [1.165, 1.54) is 14.2 Å². The fraction of sp³-hybridized carbons (Fsp3) is 1.00. The topological polar surface area (TPSA) is 88.4 Å². The first-order valence-electron chi connectivity index (χ1n) is 4.33. The van der Waals surface area contributed by atoms with Crippen LogP contribution in [0.25, 0.3) is 0 Å². The van der Waals surface area contributed by atoms with E-state index in [0.29, 0.717) is 0 Å². The number of aliphatic hydroxyl groups is 3. The lowest BCUT2D eigenvalue weighted by Crippen LogP contribution is -2.59. The molecule has 0 amide bonds. The van der Waals surface area contributed by atoms with Crippen molar-refractivity contribution in [3.63, 3.8) is 0 Å². The average molecular weight is 208 g/mol. The quantitative estimate of drug-likeness (QED) is 0.501. The van der Waals surface area contributed by atoms with Crippen molar-refractivity contribution in [2.24, 2.45) is 0 Å². The molecule has 1 saturated heterocycles. The molecule has 14 heavy (non-hydrogen) atoms. The summed E-state index contributed by atoms with van der Waals surface area (Å²) in [7, 11) is 2.87. The molecule has 1 fully saturated rings. The summed E-state index contributed by atoms with van der Waals surface area (Å²) in [4.78, 5) is 0. The van der Waals surface area contributed by atoms with Crippen LogP contribution in [0.4, 0.5) is 0 Å². The third-order valence-corrected chi connectivity index (χ3v) is 2.26. The Kier molecular flexibility index (Phi) is 4.24. The molecule has 0 saturated carbocycles. The first kappa shape index (κ1) is 11.8. The second kappa shape index (κ2) is 5.01. The molecule has 1 rings (SSSR count). The average Bonchev–Trinajstić information content (AvgIpc) is 2.16. The highest BCUT2D eigenvalue weighted by molar-refractivity contribution is 4.89. The predicted octanol–water partition coefficient (Wildman–Crippen LogP) is -1.91. The Morgan fingerprint density at radius 3 is 2.29 bits per heavy atom. The second-order valence-corrected chi connectivity index (χ2v) is 3.20. The molecular formula is C8H16O6. The second-order valence-electron chi connectivity index (χ2n) is 3.20. The van der Waals surface area contributed by atoms with E-state index in [0.717, 1.165) is 0 Å². The Hall–Kier alpha value is -0.240. The Bertz CT molecular complexity index is 175. The van der Waals surface area contributed by atoms with Crippen LogP contribution < -0.4 is 0 Å². The standard InChI is InChI=1S/C8H16O6/c1-12-3-4-7(13-2)5(9)6(10)8(11)14-4/h4-11H,3H2,1-2H3/t4-,5+,6-,7+,8+/m0/s1. The molecular weight excluding hydrogens is 192 g/mol. The van der Waals surface area contributed by atoms with E-state index < -0.39 is 30.7 Å². The maximum Gasteiger partial charge on any atom is 0.184 e. The highest BCUT2D eigenvalue weighted by Gasteiger charge is 2.43. The fourth-order valence-electron chi connectivity index (χ4n) is 1.51. The molecule has 0 aliphatic carbocycles. The minimum atomic E-state index is -1.41. The lowest BCUT2D eigenvalue weighted by Gasteiger charge is -2.39. The van der Waals surface area contributed by atoms with Crippen molar-refractivity contribution in [3.05, 3.63) is 0 Å². The van der Waals surface area contributed by atoms with Gasteiger partial charge in [0.2, 0.25) is 0 Å². The SMILES string of the molecule is COC[C@@H]1O[C@@H](O)[C@@H](O)[C@@H](O)[C@@H]1OC. The monoisotopic (exact) mass is 208 g/mol. The van der Waals surface area contributed by atoms with Crippen molar-refractivity contribution < 1.29 is 29.5 Å². The van der Waals surface area contributed by atoms with Crippen LogP contribution in [-0.4, -0.2) is 66.9 Å². The van der Waals surface area contributed by atoms with Gasteiger partial charge >= 0.3 is 0 Å². The molecule has 0 aromatic carbocycles. The number of aliphatic hydroxyl groups excluding tert-OH is 3. The summed E-state index contributed by atoms with van der Waals surface area (Å²) in [5, 5.41) is 28.0. The molecule has 0 aromatic heterocycles. The summed E-state index contributed by atoms with van der Waals surface area (Å²) < 4.78 is 14.8. The summed E-state index contributed by atoms with van der Waals surface area (Å²) >= 11 is 0. The lowest BCUT2D eigenvalue weighted by atomic mass is 9.99. The Balaban J connectivity index is 2.66. The molecule has 3 N–H and O–H groups in total. The van der Waals surface area contributed by atoms with Crippen molar-refractivity contribution in [3.8, 4) is 0 Å². The molecule has 0 bridgehead atoms. The van der Waals surface area contributed by atoms with Crippen molar-refractivity contribution in [1.29, 1.82) is 0 Å². The van der Waals surface area contributed by atoms with Gasteiger partial charge < -0.3 is 29.5 Å². The maximum absolute atomic E-state index is 9.53. The van der Waals surface area contributed by atoms with Gasteiger partial charge in [-0.05, 0) is 0 Å². The minimum absolute atomic E-state index is 0.180. The van der Waals surface area contributed by atoms with Gasteiger partial charge in [0, 0.05) is 14.2 Å². The first-order valence-corrected chi connectivity index (χ1v) is 4.33. The normalized spacial score (nSPS) is 43.9. The van der Waals surface area contributed by atoms with Gasteiger partial charge in [0.25, 0.3) is 0 Å². The molecule has 1 aliphatic heterocycles. The Morgan fingerprint density at radius 2 is 1.79 bits per heavy atom. The number of hydrogen-bond donors (Lipinski definition) is 3. The van der Waals surface area contributed by atoms with Crippen LogP contribution in [-0.2, 0) is 14.2 Å². The third-order valence-electron chi connectivity index (χ3n) is 2.26. The molecule has 6 nitrogen and oxygen atoms in total. The zero-order chi connectivity index (χ0) is 10.7. The molecule has 5 atom stereocenters. The van der Waals surface area contributed by atoms with Crippen LogP contribution >= 0.6 is 0 Å². The molecule has 0 radical (unpaired) electrons. The molecule has 1 heterocycles. The smallest absolute Gasteiger partial charge is 0.184 e. The lowest BCUT2D eigenvalue weighted by molar-refractivity contribution is -0.291. The van der Waals surface area contributed by atoms with Gasteiger partial charge in [0.05, 0.1) is 6.61 Å². The first-order chi connectivity index (χ1) is 6.61. The van der Waals surface area contributed by atoms with Crippen LogP contribution in [0.3, 0.4) is 0 Å². The third kappa shape index (κ3) is 2.22. The van der Waals surface area contributed by atoms with E-state index in [2.05, 4.69) is 0 Å². The molecule has 0 unspecified atom stereocenters. The van der Waals surface area contributed by atoms with Crippen molar-refractivity contribution >= 4 is 0 Å². The van der Waals surface area contributed by atoms with E-state index in [-0.39, 0.29) is 6.61 Å². The summed E-state index contributed by atoms with van der Waals surface area (Å²) in [6.07, 6.45) is -5.22. The Morgan fingerprint density at radius 1 is 1.14 bits per heavy atom. The Labute approximate surface area is 82.0 Å². The van der Waals surface area contributed by atoms with E-state index in [9.17, 15) is 15.3 Å². The minimum Gasteiger partial charge on any atom is -0.387 e. The van der Waals surface area contributed by atoms with E-state index in [1.807, 2.05) is 0 Å². The highest BCUT2D eigenvalue weighted by Crippen LogP contribution is 2.21. The molecule has 6 heteroatoms. The summed E-state index contributed by atoms with van der Waals surface area (Å²) in [6.45, 7) is 0.180. The van der Waals surface area contributed by atoms with Gasteiger partial charge in [-0.3, -0.25) is 0 Å². The molecule has 84 valence electrons. The largest absolute Gasteiger partial charge is 0.387 e. The zero-order valence-corrected chi connectivity index (χ0v) is 8.16. The predicted molar refractivity (Wildman–Crippen MR) is 45.6 cm³/mol. The fourth-order valence-corrected chi connectivity index (χ4v) is 1.51. The van der Waals surface area contributed by atoms with Gasteiger partial charge in [0.15, 0.2) is 6.29 Å². The highest BCUT2D eigenvalue weighted by atomic mass is 16.7. The van der Waals surface area contributed by atoms with E-state index in [1.54, 1.807) is 0 Å². The van der Waals surface area contributed by atoms with Crippen LogP contribution in [0.2, 0.25) is 0 Å². The number of rotatable bonds is 3. The van der Waals surface area contributed by atoms with Crippen LogP contribution in [0.5, 0.6) is 0 Å². The van der Waals surface area contributed by atoms with Crippen molar-refractivity contribution in [1.82, 2.24) is 0 Å². The van der Waals surface area contributed by atoms with Crippen LogP contribution in [0, 0.1) is 0 Å². The van der Waals surface area contributed by atoms with Crippen molar-refractivity contribution in [2.75, 3.05) is 20.8 Å². The molecule has 0 spiro atoms. The van der Waals surface area contributed by atoms with E-state index >= 15 is 0 Å². The van der Waals surface area contributed by atoms with Crippen LogP contribution in [0.15, 0.2) is 0 Å². The van der Waals surface area contributed by atoms with Gasteiger partial charge in [0.1, 0.15) is 24.4 Å². The molecule has 0 aromatic rings. The molecule has 1 aliphatic rings. The number of ether oxygens (including phenoxy) is 3. The summed E-state index contributed by atoms with van der Waals surface area (Å²) in [6, 6.07) is 0. The van der Waals surface area contributed by atoms with Gasteiger partial charge in [-0.15, -0.1) is 0 Å². The summed E-state index contributed by atoms with van der Waals surface area (Å²) in [5.41, 5.74) is 0. The van der Waals surface area contributed by atoms with E-state index in [4.69, 9.17) is 14.2 Å². The maximum atomic E-state index is 9.53. The van der Waals surface area contributed by atoms with Crippen molar-refractivity contribution in [2.45, 2.75) is 30.7 Å². The van der Waals surface area contributed by atoms with Gasteiger partial charge in [-0.1, -0.05) is 0 Å². The number of methoxy groups -OCH3 is 2.